The molecule has 4 rings (SSSR count). The Hall–Kier alpha value is -3.76. The zero-order valence-electron chi connectivity index (χ0n) is 20.4. The summed E-state index contributed by atoms with van der Waals surface area (Å²) in [6.45, 7) is 7.93. The second-order valence-electron chi connectivity index (χ2n) is 8.39. The molecule has 1 aromatic carbocycles. The van der Waals surface area contributed by atoms with Crippen LogP contribution in [0.2, 0.25) is 0 Å². The molecule has 0 aliphatic carbocycles. The van der Waals surface area contributed by atoms with Gasteiger partial charge in [-0.2, -0.15) is 0 Å². The molecule has 7 heteroatoms. The molecule has 35 heavy (non-hydrogen) atoms. The van der Waals surface area contributed by atoms with Crippen molar-refractivity contribution in [2.45, 2.75) is 20.3 Å². The minimum atomic E-state index is -0.522. The van der Waals surface area contributed by atoms with Gasteiger partial charge in [-0.1, -0.05) is 31.8 Å². The smallest absolute Gasteiger partial charge is 0.256 e. The van der Waals surface area contributed by atoms with Crippen LogP contribution in [0.4, 0.5) is 10.2 Å². The molecule has 3 aromatic rings. The van der Waals surface area contributed by atoms with Crippen molar-refractivity contribution in [1.29, 1.82) is 0 Å². The lowest BCUT2D eigenvalue weighted by Crippen LogP contribution is -2.48. The SMILES string of the molecule is CCc1nccc(-c2ccc(C(=O)N3CCN(CC)CC3)c(F)c2)c1C#Cc1ccc(NC)nc1. The monoisotopic (exact) mass is 471 g/mol. The van der Waals surface area contributed by atoms with Crippen LogP contribution in [-0.4, -0.2) is 65.4 Å². The summed E-state index contributed by atoms with van der Waals surface area (Å²) >= 11 is 0. The molecule has 1 aliphatic rings. The minimum absolute atomic E-state index is 0.104. The van der Waals surface area contributed by atoms with Crippen LogP contribution in [0.5, 0.6) is 0 Å². The van der Waals surface area contributed by atoms with E-state index in [-0.39, 0.29) is 11.5 Å². The largest absolute Gasteiger partial charge is 0.373 e. The van der Waals surface area contributed by atoms with E-state index >= 15 is 4.39 Å². The molecule has 1 N–H and O–H groups in total. The molecule has 0 atom stereocenters. The molecule has 0 spiro atoms. The lowest BCUT2D eigenvalue weighted by molar-refractivity contribution is 0.0639. The van der Waals surface area contributed by atoms with Crippen LogP contribution < -0.4 is 5.32 Å². The van der Waals surface area contributed by atoms with Gasteiger partial charge in [-0.15, -0.1) is 0 Å². The number of aromatic nitrogens is 2. The molecule has 1 saturated heterocycles. The molecular formula is C28H30FN5O. The quantitative estimate of drug-likeness (QED) is 0.569. The van der Waals surface area contributed by atoms with Gasteiger partial charge in [0.1, 0.15) is 11.6 Å². The topological polar surface area (TPSA) is 61.4 Å². The van der Waals surface area contributed by atoms with E-state index in [0.717, 1.165) is 47.8 Å². The van der Waals surface area contributed by atoms with Crippen LogP contribution in [0.3, 0.4) is 0 Å². The molecule has 0 saturated carbocycles. The molecule has 180 valence electrons. The van der Waals surface area contributed by atoms with Gasteiger partial charge in [0.15, 0.2) is 0 Å². The number of halogens is 1. The lowest BCUT2D eigenvalue weighted by Gasteiger charge is -2.34. The number of anilines is 1. The first-order valence-electron chi connectivity index (χ1n) is 12.0. The molecule has 2 aromatic heterocycles. The van der Waals surface area contributed by atoms with Crippen LogP contribution in [0.1, 0.15) is 41.0 Å². The summed E-state index contributed by atoms with van der Waals surface area (Å²) in [5.41, 5.74) is 3.92. The Morgan fingerprint density at radius 3 is 2.49 bits per heavy atom. The number of pyridine rings is 2. The predicted molar refractivity (Wildman–Crippen MR) is 137 cm³/mol. The third-order valence-electron chi connectivity index (χ3n) is 6.33. The summed E-state index contributed by atoms with van der Waals surface area (Å²) in [4.78, 5) is 25.8. The molecule has 0 unspecified atom stereocenters. The number of piperazine rings is 1. The Morgan fingerprint density at radius 2 is 1.86 bits per heavy atom. The van der Waals surface area contributed by atoms with Gasteiger partial charge in [-0.25, -0.2) is 9.37 Å². The number of carbonyl (C=O) groups excluding carboxylic acids is 1. The second kappa shape index (κ2) is 11.1. The second-order valence-corrected chi connectivity index (χ2v) is 8.39. The third-order valence-corrected chi connectivity index (χ3v) is 6.33. The van der Waals surface area contributed by atoms with E-state index in [9.17, 15) is 4.79 Å². The van der Waals surface area contributed by atoms with Crippen molar-refractivity contribution in [1.82, 2.24) is 19.8 Å². The third kappa shape index (κ3) is 5.50. The number of aryl methyl sites for hydroxylation is 1. The van der Waals surface area contributed by atoms with Gasteiger partial charge in [0.05, 0.1) is 16.8 Å². The maximum atomic E-state index is 15.2. The Bertz CT molecular complexity index is 1250. The Balaban J connectivity index is 1.63. The van der Waals surface area contributed by atoms with Gasteiger partial charge in [-0.05, 0) is 48.9 Å². The van der Waals surface area contributed by atoms with E-state index in [2.05, 4.69) is 38.9 Å². The fourth-order valence-corrected chi connectivity index (χ4v) is 4.20. The molecule has 3 heterocycles. The maximum absolute atomic E-state index is 15.2. The van der Waals surface area contributed by atoms with Gasteiger partial charge in [0.2, 0.25) is 0 Å². The first kappa shape index (κ1) is 24.4. The normalized spacial score (nSPS) is 13.8. The highest BCUT2D eigenvalue weighted by Crippen LogP contribution is 2.27. The molecule has 1 fully saturated rings. The van der Waals surface area contributed by atoms with Crippen molar-refractivity contribution >= 4 is 11.7 Å². The van der Waals surface area contributed by atoms with Crippen molar-refractivity contribution < 1.29 is 9.18 Å². The highest BCUT2D eigenvalue weighted by Gasteiger charge is 2.24. The van der Waals surface area contributed by atoms with Gasteiger partial charge in [0.25, 0.3) is 5.91 Å². The van der Waals surface area contributed by atoms with Crippen LogP contribution in [-0.2, 0) is 6.42 Å². The predicted octanol–water partition coefficient (Wildman–Crippen LogP) is 4.06. The van der Waals surface area contributed by atoms with E-state index in [0.29, 0.717) is 25.1 Å². The highest BCUT2D eigenvalue weighted by molar-refractivity contribution is 5.95. The lowest BCUT2D eigenvalue weighted by atomic mass is 9.96. The highest BCUT2D eigenvalue weighted by atomic mass is 19.1. The van der Waals surface area contributed by atoms with E-state index < -0.39 is 5.82 Å². The number of nitrogens with one attached hydrogen (secondary N) is 1. The number of hydrogen-bond acceptors (Lipinski definition) is 5. The number of carbonyl (C=O) groups is 1. The summed E-state index contributed by atoms with van der Waals surface area (Å²) in [5, 5.41) is 2.99. The average molecular weight is 472 g/mol. The fourth-order valence-electron chi connectivity index (χ4n) is 4.20. The summed E-state index contributed by atoms with van der Waals surface area (Å²) in [7, 11) is 1.81. The van der Waals surface area contributed by atoms with E-state index in [1.807, 2.05) is 32.2 Å². The number of benzene rings is 1. The number of rotatable bonds is 5. The number of nitrogens with zero attached hydrogens (tertiary/aromatic N) is 4. The van der Waals surface area contributed by atoms with Crippen LogP contribution in [0.15, 0.2) is 48.8 Å². The average Bonchev–Trinajstić information content (AvgIpc) is 2.91. The molecular weight excluding hydrogens is 441 g/mol. The number of hydrogen-bond donors (Lipinski definition) is 1. The maximum Gasteiger partial charge on any atom is 0.256 e. The number of likely N-dealkylation sites (N-methyl/N-ethyl adjacent to an activating group) is 1. The molecule has 0 bridgehead atoms. The minimum Gasteiger partial charge on any atom is -0.373 e. The van der Waals surface area contributed by atoms with Gasteiger partial charge in [0, 0.05) is 56.7 Å². The fraction of sp³-hybridized carbons (Fsp3) is 0.321. The molecule has 0 radical (unpaired) electrons. The Kier molecular flexibility index (Phi) is 7.74. The summed E-state index contributed by atoms with van der Waals surface area (Å²) < 4.78 is 15.2. The van der Waals surface area contributed by atoms with Gasteiger partial charge >= 0.3 is 0 Å². The van der Waals surface area contributed by atoms with Gasteiger partial charge < -0.3 is 15.1 Å². The van der Waals surface area contributed by atoms with Crippen molar-refractivity contribution in [2.24, 2.45) is 0 Å². The van der Waals surface area contributed by atoms with Crippen molar-refractivity contribution in [3.05, 3.63) is 77.0 Å². The first-order valence-corrected chi connectivity index (χ1v) is 12.0. The summed E-state index contributed by atoms with van der Waals surface area (Å²) in [5.74, 6) is 6.37. The van der Waals surface area contributed by atoms with Crippen LogP contribution in [0, 0.1) is 17.7 Å². The van der Waals surface area contributed by atoms with E-state index in [1.165, 1.54) is 6.07 Å². The van der Waals surface area contributed by atoms with E-state index in [1.54, 1.807) is 29.4 Å². The molecule has 6 nitrogen and oxygen atoms in total. The zero-order valence-corrected chi connectivity index (χ0v) is 20.4. The first-order chi connectivity index (χ1) is 17.0. The molecule has 1 amide bonds. The van der Waals surface area contributed by atoms with Gasteiger partial charge in [-0.3, -0.25) is 9.78 Å². The van der Waals surface area contributed by atoms with Crippen LogP contribution >= 0.6 is 0 Å². The molecule has 1 aliphatic heterocycles. The summed E-state index contributed by atoms with van der Waals surface area (Å²) in [6.07, 6.45) is 4.12. The van der Waals surface area contributed by atoms with Crippen LogP contribution in [0.25, 0.3) is 11.1 Å². The Morgan fingerprint density at radius 1 is 1.06 bits per heavy atom. The van der Waals surface area contributed by atoms with Crippen molar-refractivity contribution in [3.63, 3.8) is 0 Å². The summed E-state index contributed by atoms with van der Waals surface area (Å²) in [6, 6.07) is 10.4. The van der Waals surface area contributed by atoms with E-state index in [4.69, 9.17) is 0 Å². The van der Waals surface area contributed by atoms with Crippen molar-refractivity contribution in [2.75, 3.05) is 45.1 Å². The Labute approximate surface area is 206 Å². The number of amides is 1. The van der Waals surface area contributed by atoms with Crippen molar-refractivity contribution in [3.8, 4) is 23.0 Å². The zero-order chi connectivity index (χ0) is 24.8. The standard InChI is InChI=1S/C28H30FN5O/c1-4-26-23(9-6-20-7-11-27(30-3)32-19-20)22(12-13-31-26)21-8-10-24(25(29)18-21)28(35)34-16-14-33(5-2)15-17-34/h7-8,10-13,18-19H,4-5,14-17H2,1-3H3,(H,30,32).